The number of hydrogen-bond acceptors (Lipinski definition) is 11. The molecular formula is C20H23N7O6S2. The molecule has 1 fully saturated rings. The molecule has 0 radical (unpaired) electrons. The Labute approximate surface area is 208 Å². The van der Waals surface area contributed by atoms with Gasteiger partial charge in [-0.1, -0.05) is 17.8 Å². The summed E-state index contributed by atoms with van der Waals surface area (Å²) in [5.41, 5.74) is 7.49. The van der Waals surface area contributed by atoms with Crippen LogP contribution in [-0.4, -0.2) is 83.1 Å². The lowest BCUT2D eigenvalue weighted by atomic mass is 10.0. The molecule has 15 heteroatoms. The fourth-order valence-corrected chi connectivity index (χ4v) is 6.09. The number of carbonyl (C=O) groups is 3. The molecular weight excluding hydrogens is 498 g/mol. The summed E-state index contributed by atoms with van der Waals surface area (Å²) in [5.74, 6) is -1.64. The van der Waals surface area contributed by atoms with Crippen LogP contribution in [0.4, 0.5) is 0 Å². The van der Waals surface area contributed by atoms with Gasteiger partial charge in [-0.2, -0.15) is 0 Å². The first-order chi connectivity index (χ1) is 16.7. The number of aliphatic carboxylic acids is 1. The quantitative estimate of drug-likeness (QED) is 0.247. The smallest absolute Gasteiger partial charge is 0.352 e. The SMILES string of the molecule is COCc1cc(C(N)C(=O)NC2C(=O)N3C(C(=O)O)=C(CSc4nnnn4C)CSC23)ccc1O. The minimum Gasteiger partial charge on any atom is -0.508 e. The molecule has 0 saturated carbocycles. The van der Waals surface area contributed by atoms with E-state index < -0.39 is 35.2 Å². The van der Waals surface area contributed by atoms with Crippen LogP contribution in [0.15, 0.2) is 34.6 Å². The van der Waals surface area contributed by atoms with E-state index in [1.165, 1.54) is 52.3 Å². The number of methoxy groups -OCH3 is 1. The van der Waals surface area contributed by atoms with Crippen molar-refractivity contribution in [2.45, 2.75) is 29.2 Å². The third kappa shape index (κ3) is 4.84. The summed E-state index contributed by atoms with van der Waals surface area (Å²) in [6.45, 7) is 0.140. The number of carbonyl (C=O) groups excluding carboxylic acids is 2. The highest BCUT2D eigenvalue weighted by Gasteiger charge is 2.54. The molecule has 1 aromatic carbocycles. The number of tetrazole rings is 1. The van der Waals surface area contributed by atoms with Crippen LogP contribution in [0.2, 0.25) is 0 Å². The maximum atomic E-state index is 12.9. The number of hydrogen-bond donors (Lipinski definition) is 4. The zero-order chi connectivity index (χ0) is 25.3. The number of nitrogens with two attached hydrogens (primary N) is 1. The van der Waals surface area contributed by atoms with E-state index in [1.54, 1.807) is 13.1 Å². The monoisotopic (exact) mass is 521 g/mol. The van der Waals surface area contributed by atoms with E-state index in [9.17, 15) is 24.6 Å². The summed E-state index contributed by atoms with van der Waals surface area (Å²) in [4.78, 5) is 38.9. The maximum absolute atomic E-state index is 12.9. The number of aryl methyl sites for hydroxylation is 1. The highest BCUT2D eigenvalue weighted by Crippen LogP contribution is 2.41. The van der Waals surface area contributed by atoms with Crippen LogP contribution in [0.3, 0.4) is 0 Å². The first-order valence-corrected chi connectivity index (χ1v) is 12.4. The Morgan fingerprint density at radius 2 is 2.20 bits per heavy atom. The van der Waals surface area contributed by atoms with E-state index in [0.717, 1.165) is 0 Å². The van der Waals surface area contributed by atoms with Crippen molar-refractivity contribution < 1.29 is 29.3 Å². The summed E-state index contributed by atoms with van der Waals surface area (Å²) >= 11 is 2.63. The van der Waals surface area contributed by atoms with Gasteiger partial charge in [-0.25, -0.2) is 9.48 Å². The lowest BCUT2D eigenvalue weighted by Gasteiger charge is -2.49. The fraction of sp³-hybridized carbons (Fsp3) is 0.400. The van der Waals surface area contributed by atoms with Gasteiger partial charge in [-0.05, 0) is 33.7 Å². The number of carboxylic acid groups (broad SMARTS) is 1. The third-order valence-electron chi connectivity index (χ3n) is 5.55. The number of aromatic hydroxyl groups is 1. The maximum Gasteiger partial charge on any atom is 0.352 e. The van der Waals surface area contributed by atoms with Crippen molar-refractivity contribution in [3.05, 3.63) is 40.6 Å². The largest absolute Gasteiger partial charge is 0.508 e. The number of phenolic OH excluding ortho intramolecular Hbond substituents is 1. The minimum absolute atomic E-state index is 0.0176. The predicted molar refractivity (Wildman–Crippen MR) is 125 cm³/mol. The number of nitrogens with zero attached hydrogens (tertiary/aromatic N) is 5. The molecule has 0 spiro atoms. The van der Waals surface area contributed by atoms with Crippen LogP contribution in [0.25, 0.3) is 0 Å². The van der Waals surface area contributed by atoms with Crippen LogP contribution in [0.5, 0.6) is 5.75 Å². The minimum atomic E-state index is -1.22. The van der Waals surface area contributed by atoms with Crippen LogP contribution < -0.4 is 11.1 Å². The molecule has 1 aromatic heterocycles. The number of nitrogens with one attached hydrogen (secondary N) is 1. The molecule has 13 nitrogen and oxygen atoms in total. The van der Waals surface area contributed by atoms with Crippen molar-refractivity contribution >= 4 is 41.3 Å². The molecule has 35 heavy (non-hydrogen) atoms. The molecule has 3 atom stereocenters. The molecule has 2 amide bonds. The zero-order valence-corrected chi connectivity index (χ0v) is 20.4. The van der Waals surface area contributed by atoms with Gasteiger partial charge >= 0.3 is 5.97 Å². The Hall–Kier alpha value is -3.14. The molecule has 3 unspecified atom stereocenters. The average molecular weight is 522 g/mol. The van der Waals surface area contributed by atoms with Gasteiger partial charge in [0.25, 0.3) is 5.91 Å². The van der Waals surface area contributed by atoms with Gasteiger partial charge < -0.3 is 26.0 Å². The van der Waals surface area contributed by atoms with Gasteiger partial charge in [0.1, 0.15) is 28.9 Å². The molecule has 0 bridgehead atoms. The summed E-state index contributed by atoms with van der Waals surface area (Å²) in [6.07, 6.45) is 0. The Balaban J connectivity index is 1.45. The number of rotatable bonds is 9. The first kappa shape index (κ1) is 25.0. The van der Waals surface area contributed by atoms with Crippen LogP contribution >= 0.6 is 23.5 Å². The fourth-order valence-electron chi connectivity index (χ4n) is 3.75. The Kier molecular flexibility index (Phi) is 7.30. The van der Waals surface area contributed by atoms with Crippen molar-refractivity contribution in [1.29, 1.82) is 0 Å². The standard InChI is InChI=1S/C20H23N7O6S2/c1-26-20(23-24-25-26)35-8-11-7-34-18-14(17(30)27(18)15(11)19(31)32)22-16(29)13(21)9-3-4-12(28)10(5-9)6-33-2/h3-5,13-14,18,28H,6-8,21H2,1-2H3,(H,22,29)(H,31,32). The second-order valence-corrected chi connectivity index (χ2v) is 9.87. The first-order valence-electron chi connectivity index (χ1n) is 10.3. The van der Waals surface area contributed by atoms with E-state index in [2.05, 4.69) is 20.8 Å². The van der Waals surface area contributed by atoms with Crippen LogP contribution in [-0.2, 0) is 32.8 Å². The van der Waals surface area contributed by atoms with Crippen molar-refractivity contribution in [3.63, 3.8) is 0 Å². The van der Waals surface area contributed by atoms with Gasteiger partial charge in [-0.15, -0.1) is 16.9 Å². The van der Waals surface area contributed by atoms with E-state index in [0.29, 0.717) is 33.4 Å². The molecule has 5 N–H and O–H groups in total. The number of β-lactam (4-membered cyclic amide) rings is 1. The van der Waals surface area contributed by atoms with E-state index in [1.807, 2.05) is 0 Å². The lowest BCUT2D eigenvalue weighted by molar-refractivity contribution is -0.150. The number of ether oxygens (including phenoxy) is 1. The Morgan fingerprint density at radius 1 is 1.43 bits per heavy atom. The number of benzene rings is 1. The van der Waals surface area contributed by atoms with E-state index in [4.69, 9.17) is 10.5 Å². The second-order valence-electron chi connectivity index (χ2n) is 7.83. The molecule has 2 aliphatic rings. The third-order valence-corrected chi connectivity index (χ3v) is 7.99. The van der Waals surface area contributed by atoms with Gasteiger partial charge in [0.05, 0.1) is 6.61 Å². The van der Waals surface area contributed by atoms with Gasteiger partial charge in [0, 0.05) is 31.2 Å². The highest BCUT2D eigenvalue weighted by molar-refractivity contribution is 8.01. The summed E-state index contributed by atoms with van der Waals surface area (Å²) in [5, 5.41) is 33.5. The van der Waals surface area contributed by atoms with Crippen molar-refractivity contribution in [1.82, 2.24) is 30.4 Å². The average Bonchev–Trinajstić information content (AvgIpc) is 3.25. The number of phenols is 1. The highest BCUT2D eigenvalue weighted by atomic mass is 32.2. The molecule has 2 aromatic rings. The molecule has 3 heterocycles. The Morgan fingerprint density at radius 3 is 2.86 bits per heavy atom. The normalized spacial score (nSPS) is 20.3. The predicted octanol–water partition coefficient (Wildman–Crippen LogP) is -0.407. The lowest BCUT2D eigenvalue weighted by Crippen LogP contribution is -2.71. The van der Waals surface area contributed by atoms with Crippen molar-refractivity contribution in [3.8, 4) is 5.75 Å². The Bertz CT molecular complexity index is 1200. The van der Waals surface area contributed by atoms with Gasteiger partial charge in [-0.3, -0.25) is 14.5 Å². The number of amides is 2. The topological polar surface area (TPSA) is 186 Å². The van der Waals surface area contributed by atoms with E-state index >= 15 is 0 Å². The van der Waals surface area contributed by atoms with Crippen molar-refractivity contribution in [2.24, 2.45) is 12.8 Å². The summed E-state index contributed by atoms with van der Waals surface area (Å²) < 4.78 is 6.50. The van der Waals surface area contributed by atoms with E-state index in [-0.39, 0.29) is 18.1 Å². The van der Waals surface area contributed by atoms with Gasteiger partial charge in [0.2, 0.25) is 11.1 Å². The molecule has 186 valence electrons. The molecule has 2 aliphatic heterocycles. The van der Waals surface area contributed by atoms with Crippen LogP contribution in [0.1, 0.15) is 17.2 Å². The number of fused-ring (bicyclic) bond motifs is 1. The van der Waals surface area contributed by atoms with Crippen molar-refractivity contribution in [2.75, 3.05) is 18.6 Å². The summed E-state index contributed by atoms with van der Waals surface area (Å²) in [7, 11) is 3.15. The number of carboxylic acids is 1. The molecule has 1 saturated heterocycles. The number of thioether (sulfide) groups is 2. The second kappa shape index (κ2) is 10.2. The summed E-state index contributed by atoms with van der Waals surface area (Å²) in [6, 6.07) is 2.51. The molecule has 0 aliphatic carbocycles. The van der Waals surface area contributed by atoms with Gasteiger partial charge in [0.15, 0.2) is 0 Å². The molecule has 4 rings (SSSR count). The van der Waals surface area contributed by atoms with Crippen LogP contribution in [0, 0.1) is 0 Å². The number of aromatic nitrogens is 4. The zero-order valence-electron chi connectivity index (χ0n) is 18.7.